The zero-order valence-electron chi connectivity index (χ0n) is 14.1. The number of carboxylic acid groups (broad SMARTS) is 1. The molecule has 1 aliphatic rings. The summed E-state index contributed by atoms with van der Waals surface area (Å²) in [6, 6.07) is 4.73. The molecule has 1 aliphatic heterocycles. The van der Waals surface area contributed by atoms with Gasteiger partial charge >= 0.3 is 12.0 Å². The number of rotatable bonds is 4. The number of carbonyl (C=O) groups excluding carboxylic acids is 1. The summed E-state index contributed by atoms with van der Waals surface area (Å²) in [6.45, 7) is 6.51. The molecule has 24 heavy (non-hydrogen) atoms. The number of piperidine rings is 1. The molecular weight excluding hydrogens is 332 g/mol. The normalized spacial score (nSPS) is 20.8. The van der Waals surface area contributed by atoms with Gasteiger partial charge in [0.25, 0.3) is 0 Å². The summed E-state index contributed by atoms with van der Waals surface area (Å²) < 4.78 is 5.55. The fraction of sp³-hybridized carbons (Fsp3) is 0.529. The van der Waals surface area contributed by atoms with Crippen molar-refractivity contribution >= 4 is 29.3 Å². The number of carboxylic acids is 1. The van der Waals surface area contributed by atoms with Crippen molar-refractivity contribution in [2.75, 3.05) is 18.4 Å². The minimum absolute atomic E-state index is 0.0318. The predicted octanol–water partition coefficient (Wildman–Crippen LogP) is 3.70. The van der Waals surface area contributed by atoms with E-state index in [-0.39, 0.29) is 24.6 Å². The summed E-state index contributed by atoms with van der Waals surface area (Å²) in [5.74, 6) is -0.627. The van der Waals surface area contributed by atoms with Crippen molar-refractivity contribution in [2.24, 2.45) is 11.8 Å². The lowest BCUT2D eigenvalue weighted by molar-refractivity contribution is -0.143. The fourth-order valence-electron chi connectivity index (χ4n) is 2.83. The summed E-state index contributed by atoms with van der Waals surface area (Å²) in [4.78, 5) is 25.2. The summed E-state index contributed by atoms with van der Waals surface area (Å²) in [5.41, 5.74) is 0.475. The van der Waals surface area contributed by atoms with Crippen LogP contribution in [0.15, 0.2) is 18.2 Å². The Balaban J connectivity index is 2.04. The van der Waals surface area contributed by atoms with E-state index in [1.165, 1.54) is 4.90 Å². The number of carbonyl (C=O) groups is 2. The number of halogens is 1. The Hall–Kier alpha value is -1.95. The highest BCUT2D eigenvalue weighted by Crippen LogP contribution is 2.28. The average molecular weight is 355 g/mol. The van der Waals surface area contributed by atoms with Crippen LogP contribution < -0.4 is 10.1 Å². The SMILES string of the molecule is CC1CC(C(=O)O)CN(C(=O)Nc2ccc(OC(C)C)cc2Cl)C1. The molecule has 0 bridgehead atoms. The van der Waals surface area contributed by atoms with Crippen molar-refractivity contribution in [3.63, 3.8) is 0 Å². The van der Waals surface area contributed by atoms with Gasteiger partial charge in [0.15, 0.2) is 0 Å². The second kappa shape index (κ2) is 7.75. The number of nitrogens with zero attached hydrogens (tertiary/aromatic N) is 1. The van der Waals surface area contributed by atoms with Crippen molar-refractivity contribution in [3.8, 4) is 5.75 Å². The van der Waals surface area contributed by atoms with Crippen LogP contribution in [0.3, 0.4) is 0 Å². The van der Waals surface area contributed by atoms with Gasteiger partial charge in [-0.15, -0.1) is 0 Å². The highest BCUT2D eigenvalue weighted by molar-refractivity contribution is 6.33. The minimum Gasteiger partial charge on any atom is -0.491 e. The van der Waals surface area contributed by atoms with Crippen LogP contribution in [0.2, 0.25) is 5.02 Å². The Morgan fingerprint density at radius 1 is 1.38 bits per heavy atom. The van der Waals surface area contributed by atoms with Gasteiger partial charge in [0, 0.05) is 19.2 Å². The Kier molecular flexibility index (Phi) is 5.94. The van der Waals surface area contributed by atoms with Gasteiger partial charge in [-0.3, -0.25) is 4.79 Å². The van der Waals surface area contributed by atoms with E-state index in [1.54, 1.807) is 18.2 Å². The van der Waals surface area contributed by atoms with E-state index in [2.05, 4.69) is 5.32 Å². The fourth-order valence-corrected chi connectivity index (χ4v) is 3.05. The molecule has 6 nitrogen and oxygen atoms in total. The van der Waals surface area contributed by atoms with Crippen LogP contribution in [0.5, 0.6) is 5.75 Å². The van der Waals surface area contributed by atoms with Gasteiger partial charge in [-0.2, -0.15) is 0 Å². The summed E-state index contributed by atoms with van der Waals surface area (Å²) in [5, 5.41) is 12.3. The summed E-state index contributed by atoms with van der Waals surface area (Å²) in [7, 11) is 0. The molecule has 1 aromatic carbocycles. The number of benzene rings is 1. The minimum atomic E-state index is -0.868. The van der Waals surface area contributed by atoms with Crippen LogP contribution in [0, 0.1) is 11.8 Å². The maximum absolute atomic E-state index is 12.4. The van der Waals surface area contributed by atoms with Gasteiger partial charge in [0.2, 0.25) is 0 Å². The largest absolute Gasteiger partial charge is 0.491 e. The van der Waals surface area contributed by atoms with Crippen molar-refractivity contribution < 1.29 is 19.4 Å². The quantitative estimate of drug-likeness (QED) is 0.864. The lowest BCUT2D eigenvalue weighted by atomic mass is 9.91. The van der Waals surface area contributed by atoms with Gasteiger partial charge in [-0.1, -0.05) is 18.5 Å². The molecule has 2 unspecified atom stereocenters. The van der Waals surface area contributed by atoms with E-state index in [9.17, 15) is 14.7 Å². The maximum Gasteiger partial charge on any atom is 0.321 e. The lowest BCUT2D eigenvalue weighted by Gasteiger charge is -2.34. The van der Waals surface area contributed by atoms with Gasteiger partial charge in [-0.25, -0.2) is 4.79 Å². The van der Waals surface area contributed by atoms with Crippen molar-refractivity contribution in [1.29, 1.82) is 0 Å². The second-order valence-corrected chi connectivity index (χ2v) is 6.93. The zero-order chi connectivity index (χ0) is 17.9. The number of amides is 2. The van der Waals surface area contributed by atoms with Crippen LogP contribution in [-0.2, 0) is 4.79 Å². The van der Waals surface area contributed by atoms with Crippen LogP contribution in [0.25, 0.3) is 0 Å². The second-order valence-electron chi connectivity index (χ2n) is 6.52. The number of likely N-dealkylation sites (tertiary alicyclic amines) is 1. The molecule has 2 N–H and O–H groups in total. The van der Waals surface area contributed by atoms with E-state index in [4.69, 9.17) is 16.3 Å². The van der Waals surface area contributed by atoms with Gasteiger partial charge in [-0.05, 0) is 38.3 Å². The van der Waals surface area contributed by atoms with Gasteiger partial charge in [0.05, 0.1) is 22.7 Å². The molecule has 2 atom stereocenters. The highest BCUT2D eigenvalue weighted by atomic mass is 35.5. The lowest BCUT2D eigenvalue weighted by Crippen LogP contribution is -2.47. The van der Waals surface area contributed by atoms with E-state index < -0.39 is 11.9 Å². The van der Waals surface area contributed by atoms with E-state index in [1.807, 2.05) is 20.8 Å². The molecule has 1 heterocycles. The monoisotopic (exact) mass is 354 g/mol. The third-order valence-electron chi connectivity index (χ3n) is 3.85. The van der Waals surface area contributed by atoms with Gasteiger partial charge in [0.1, 0.15) is 5.75 Å². The number of aliphatic carboxylic acids is 1. The third kappa shape index (κ3) is 4.77. The van der Waals surface area contributed by atoms with Crippen LogP contribution in [0.4, 0.5) is 10.5 Å². The van der Waals surface area contributed by atoms with E-state index in [0.717, 1.165) is 0 Å². The first-order chi connectivity index (χ1) is 11.3. The first kappa shape index (κ1) is 18.4. The number of hydrogen-bond acceptors (Lipinski definition) is 3. The summed E-state index contributed by atoms with van der Waals surface area (Å²) in [6.07, 6.45) is 0.616. The van der Waals surface area contributed by atoms with E-state index in [0.29, 0.717) is 29.4 Å². The Bertz CT molecular complexity index is 621. The molecule has 1 aromatic rings. The zero-order valence-corrected chi connectivity index (χ0v) is 14.8. The average Bonchev–Trinajstić information content (AvgIpc) is 2.48. The molecule has 0 radical (unpaired) electrons. The van der Waals surface area contributed by atoms with Crippen molar-refractivity contribution in [3.05, 3.63) is 23.2 Å². The summed E-state index contributed by atoms with van der Waals surface area (Å²) >= 11 is 6.20. The van der Waals surface area contributed by atoms with Crippen LogP contribution in [0.1, 0.15) is 27.2 Å². The topological polar surface area (TPSA) is 78.9 Å². The first-order valence-corrected chi connectivity index (χ1v) is 8.39. The number of urea groups is 1. The molecule has 0 saturated carbocycles. The number of hydrogen-bond donors (Lipinski definition) is 2. The highest BCUT2D eigenvalue weighted by Gasteiger charge is 2.32. The molecule has 7 heteroatoms. The van der Waals surface area contributed by atoms with Crippen LogP contribution in [-0.4, -0.2) is 41.2 Å². The number of ether oxygens (including phenoxy) is 1. The van der Waals surface area contributed by atoms with Crippen LogP contribution >= 0.6 is 11.6 Å². The Morgan fingerprint density at radius 2 is 2.08 bits per heavy atom. The standard InChI is InChI=1S/C17H23ClN2O4/c1-10(2)24-13-4-5-15(14(18)7-13)19-17(23)20-8-11(3)6-12(9-20)16(21)22/h4-5,7,10-12H,6,8-9H2,1-3H3,(H,19,23)(H,21,22). The van der Waals surface area contributed by atoms with Crippen molar-refractivity contribution in [2.45, 2.75) is 33.3 Å². The number of nitrogens with one attached hydrogen (secondary N) is 1. The number of anilines is 1. The molecule has 2 amide bonds. The van der Waals surface area contributed by atoms with Gasteiger partial charge < -0.3 is 20.1 Å². The predicted molar refractivity (Wildman–Crippen MR) is 92.7 cm³/mol. The molecule has 0 aromatic heterocycles. The Labute approximate surface area is 146 Å². The molecule has 2 rings (SSSR count). The smallest absolute Gasteiger partial charge is 0.321 e. The molecular formula is C17H23ClN2O4. The molecule has 0 spiro atoms. The van der Waals surface area contributed by atoms with E-state index >= 15 is 0 Å². The third-order valence-corrected chi connectivity index (χ3v) is 4.16. The molecule has 1 saturated heterocycles. The molecule has 1 fully saturated rings. The first-order valence-electron chi connectivity index (χ1n) is 8.01. The molecule has 0 aliphatic carbocycles. The van der Waals surface area contributed by atoms with Crippen molar-refractivity contribution in [1.82, 2.24) is 4.90 Å². The Morgan fingerprint density at radius 3 is 2.67 bits per heavy atom. The molecule has 132 valence electrons. The maximum atomic E-state index is 12.4.